The van der Waals surface area contributed by atoms with Gasteiger partial charge in [-0.3, -0.25) is 9.59 Å². The minimum atomic E-state index is -0.283. The molecule has 4 aliphatic carbocycles. The number of carbonyl (C=O) groups excluding carboxylic acids is 3. The first-order valence-corrected chi connectivity index (χ1v) is 9.12. The van der Waals surface area contributed by atoms with Gasteiger partial charge in [0.15, 0.2) is 5.78 Å². The molecule has 3 nitrogen and oxygen atoms in total. The van der Waals surface area contributed by atoms with Gasteiger partial charge in [0.25, 0.3) is 0 Å². The lowest BCUT2D eigenvalue weighted by atomic mass is 9.45. The number of hydrogen-bond acceptors (Lipinski definition) is 3. The van der Waals surface area contributed by atoms with Gasteiger partial charge >= 0.3 is 0 Å². The minimum absolute atomic E-state index is 0.0185. The molecule has 6 atom stereocenters. The zero-order valence-corrected chi connectivity index (χ0v) is 14.1. The Labute approximate surface area is 137 Å². The van der Waals surface area contributed by atoms with E-state index in [1.165, 1.54) is 5.57 Å². The van der Waals surface area contributed by atoms with Crippen molar-refractivity contribution in [2.45, 2.75) is 58.8 Å². The summed E-state index contributed by atoms with van der Waals surface area (Å²) in [5, 5.41) is 0. The predicted octanol–water partition coefficient (Wildman–Crippen LogP) is 3.51. The van der Waals surface area contributed by atoms with Crippen LogP contribution >= 0.6 is 0 Å². The summed E-state index contributed by atoms with van der Waals surface area (Å²) in [5.41, 5.74) is 0.972. The molecular formula is C20H26O3. The highest BCUT2D eigenvalue weighted by Gasteiger charge is 2.62. The fourth-order valence-corrected chi connectivity index (χ4v) is 6.73. The fourth-order valence-electron chi connectivity index (χ4n) is 6.73. The first kappa shape index (κ1) is 15.3. The molecular weight excluding hydrogens is 288 g/mol. The van der Waals surface area contributed by atoms with Crippen molar-refractivity contribution in [1.29, 1.82) is 0 Å². The van der Waals surface area contributed by atoms with E-state index >= 15 is 0 Å². The first-order valence-electron chi connectivity index (χ1n) is 9.12. The highest BCUT2D eigenvalue weighted by atomic mass is 16.1. The van der Waals surface area contributed by atoms with Crippen molar-refractivity contribution < 1.29 is 14.4 Å². The second-order valence-electron chi connectivity index (χ2n) is 8.77. The lowest BCUT2D eigenvalue weighted by Gasteiger charge is -2.58. The van der Waals surface area contributed by atoms with Crippen molar-refractivity contribution in [3.8, 4) is 0 Å². The summed E-state index contributed by atoms with van der Waals surface area (Å²) in [5.74, 6) is 1.80. The van der Waals surface area contributed by atoms with E-state index in [2.05, 4.69) is 13.8 Å². The van der Waals surface area contributed by atoms with Crippen LogP contribution in [0.5, 0.6) is 0 Å². The van der Waals surface area contributed by atoms with Gasteiger partial charge in [0.2, 0.25) is 0 Å². The molecule has 3 heteroatoms. The highest BCUT2D eigenvalue weighted by Crippen LogP contribution is 2.65. The smallest absolute Gasteiger partial charge is 0.155 e. The molecule has 0 N–H and O–H groups in total. The summed E-state index contributed by atoms with van der Waals surface area (Å²) >= 11 is 0. The number of Topliss-reactive ketones (excluding diaryl/α,β-unsaturated/α-hetero) is 1. The Morgan fingerprint density at radius 2 is 1.87 bits per heavy atom. The third-order valence-electron chi connectivity index (χ3n) is 7.85. The molecule has 3 fully saturated rings. The van der Waals surface area contributed by atoms with Gasteiger partial charge in [0, 0.05) is 24.2 Å². The number of aldehydes is 1. The van der Waals surface area contributed by atoms with Gasteiger partial charge in [-0.2, -0.15) is 0 Å². The summed E-state index contributed by atoms with van der Waals surface area (Å²) in [6, 6.07) is 0. The summed E-state index contributed by atoms with van der Waals surface area (Å²) in [6.07, 6.45) is 8.88. The van der Waals surface area contributed by atoms with E-state index in [4.69, 9.17) is 0 Å². The van der Waals surface area contributed by atoms with Crippen molar-refractivity contribution in [2.24, 2.45) is 34.5 Å². The molecule has 0 unspecified atom stereocenters. The zero-order valence-electron chi connectivity index (χ0n) is 14.1. The van der Waals surface area contributed by atoms with Crippen LogP contribution in [0.3, 0.4) is 0 Å². The summed E-state index contributed by atoms with van der Waals surface area (Å²) in [7, 11) is 0. The summed E-state index contributed by atoms with van der Waals surface area (Å²) < 4.78 is 0. The van der Waals surface area contributed by atoms with Crippen LogP contribution in [-0.4, -0.2) is 17.9 Å². The van der Waals surface area contributed by atoms with E-state index in [-0.39, 0.29) is 22.5 Å². The zero-order chi connectivity index (χ0) is 16.4. The Morgan fingerprint density at radius 1 is 1.09 bits per heavy atom. The number of ketones is 2. The SMILES string of the molecule is C[C@]12CCC(=O)C=C1CC[C@@H]1[C@@H]2[C@@H](C=O)C[C@]2(C)C(=O)CC[C@@H]12. The maximum absolute atomic E-state index is 12.5. The normalized spacial score (nSPS) is 49.0. The maximum Gasteiger partial charge on any atom is 0.155 e. The highest BCUT2D eigenvalue weighted by molar-refractivity contribution is 5.92. The van der Waals surface area contributed by atoms with Crippen molar-refractivity contribution in [1.82, 2.24) is 0 Å². The van der Waals surface area contributed by atoms with Crippen LogP contribution in [0.4, 0.5) is 0 Å². The largest absolute Gasteiger partial charge is 0.303 e. The van der Waals surface area contributed by atoms with Crippen LogP contribution in [-0.2, 0) is 14.4 Å². The molecule has 0 aromatic heterocycles. The molecule has 124 valence electrons. The molecule has 0 spiro atoms. The molecule has 0 saturated heterocycles. The Bertz CT molecular complexity index is 618. The van der Waals surface area contributed by atoms with Gasteiger partial charge in [-0.05, 0) is 61.3 Å². The first-order chi connectivity index (χ1) is 10.9. The minimum Gasteiger partial charge on any atom is -0.303 e. The lowest BCUT2D eigenvalue weighted by Crippen LogP contribution is -2.55. The molecule has 23 heavy (non-hydrogen) atoms. The Morgan fingerprint density at radius 3 is 2.61 bits per heavy atom. The molecule has 4 rings (SSSR count). The van der Waals surface area contributed by atoms with Crippen LogP contribution in [0.2, 0.25) is 0 Å². The van der Waals surface area contributed by atoms with Crippen LogP contribution in [0.25, 0.3) is 0 Å². The van der Waals surface area contributed by atoms with Crippen molar-refractivity contribution in [3.63, 3.8) is 0 Å². The molecule has 0 aliphatic heterocycles. The van der Waals surface area contributed by atoms with Crippen molar-refractivity contribution >= 4 is 17.9 Å². The average molecular weight is 314 g/mol. The second kappa shape index (κ2) is 4.87. The second-order valence-corrected chi connectivity index (χ2v) is 8.77. The van der Waals surface area contributed by atoms with Gasteiger partial charge in [0.05, 0.1) is 0 Å². The number of allylic oxidation sites excluding steroid dienone is 1. The molecule has 0 bridgehead atoms. The monoisotopic (exact) mass is 314 g/mol. The van der Waals surface area contributed by atoms with E-state index in [9.17, 15) is 14.4 Å². The molecule has 0 amide bonds. The quantitative estimate of drug-likeness (QED) is 0.696. The third-order valence-corrected chi connectivity index (χ3v) is 7.85. The van der Waals surface area contributed by atoms with Gasteiger partial charge < -0.3 is 4.79 Å². The Kier molecular flexibility index (Phi) is 3.24. The Hall–Kier alpha value is -1.25. The van der Waals surface area contributed by atoms with Crippen LogP contribution in [0, 0.1) is 34.5 Å². The van der Waals surface area contributed by atoms with Gasteiger partial charge in [-0.25, -0.2) is 0 Å². The van der Waals surface area contributed by atoms with Gasteiger partial charge in [-0.1, -0.05) is 19.4 Å². The van der Waals surface area contributed by atoms with Crippen LogP contribution in [0.1, 0.15) is 58.8 Å². The lowest BCUT2D eigenvalue weighted by molar-refractivity contribution is -0.141. The topological polar surface area (TPSA) is 51.2 Å². The molecule has 4 aliphatic rings. The summed E-state index contributed by atoms with van der Waals surface area (Å²) in [6.45, 7) is 4.38. The number of fused-ring (bicyclic) bond motifs is 5. The number of carbonyl (C=O) groups is 3. The van der Waals surface area contributed by atoms with Crippen LogP contribution in [0.15, 0.2) is 11.6 Å². The molecule has 0 aromatic carbocycles. The van der Waals surface area contributed by atoms with E-state index in [1.807, 2.05) is 6.08 Å². The molecule has 0 heterocycles. The fraction of sp³-hybridized carbons (Fsp3) is 0.750. The average Bonchev–Trinajstić information content (AvgIpc) is 2.82. The van der Waals surface area contributed by atoms with Crippen LogP contribution < -0.4 is 0 Å². The van der Waals surface area contributed by atoms with E-state index < -0.39 is 0 Å². The molecule has 3 saturated carbocycles. The van der Waals surface area contributed by atoms with E-state index in [1.54, 1.807) is 0 Å². The Balaban J connectivity index is 1.79. The summed E-state index contributed by atoms with van der Waals surface area (Å²) in [4.78, 5) is 36.3. The van der Waals surface area contributed by atoms with E-state index in [0.717, 1.165) is 38.4 Å². The van der Waals surface area contributed by atoms with E-state index in [0.29, 0.717) is 36.4 Å². The van der Waals surface area contributed by atoms with Gasteiger partial charge in [0.1, 0.15) is 12.1 Å². The predicted molar refractivity (Wildman–Crippen MR) is 86.7 cm³/mol. The molecule has 0 radical (unpaired) electrons. The molecule has 0 aromatic rings. The third kappa shape index (κ3) is 1.91. The maximum atomic E-state index is 12.5. The number of hydrogen-bond donors (Lipinski definition) is 0. The number of rotatable bonds is 1. The van der Waals surface area contributed by atoms with Gasteiger partial charge in [-0.15, -0.1) is 0 Å². The van der Waals surface area contributed by atoms with Crippen molar-refractivity contribution in [3.05, 3.63) is 11.6 Å². The van der Waals surface area contributed by atoms with Crippen molar-refractivity contribution in [2.75, 3.05) is 0 Å². The standard InChI is InChI=1S/C20H26O3/c1-19-8-7-14(22)9-13(19)3-4-15-16-5-6-17(23)20(16,2)10-12(11-21)18(15)19/h9,11-12,15-16,18H,3-8,10H2,1-2H3/t12-,15+,16+,18+,19+,20+/m1/s1.